The number of fused-ring (bicyclic) bond motifs is 1. The van der Waals surface area contributed by atoms with Crippen molar-refractivity contribution in [3.63, 3.8) is 0 Å². The SMILES string of the molecule is CCOCOc1cc2ccccc2cc1C(=O)OC. The first-order chi connectivity index (χ1) is 9.26. The van der Waals surface area contributed by atoms with Gasteiger partial charge >= 0.3 is 5.97 Å². The fourth-order valence-corrected chi connectivity index (χ4v) is 1.80. The molecule has 2 aromatic carbocycles. The van der Waals surface area contributed by atoms with E-state index in [0.717, 1.165) is 10.8 Å². The minimum absolute atomic E-state index is 0.110. The van der Waals surface area contributed by atoms with E-state index in [9.17, 15) is 4.79 Å². The quantitative estimate of drug-likeness (QED) is 0.471. The van der Waals surface area contributed by atoms with Gasteiger partial charge in [0.1, 0.15) is 11.3 Å². The molecule has 2 aromatic rings. The Morgan fingerprint density at radius 1 is 1.16 bits per heavy atom. The van der Waals surface area contributed by atoms with Crippen LogP contribution in [-0.4, -0.2) is 26.5 Å². The number of ether oxygens (including phenoxy) is 3. The molecule has 0 bridgehead atoms. The van der Waals surface area contributed by atoms with Crippen LogP contribution in [0.15, 0.2) is 36.4 Å². The van der Waals surface area contributed by atoms with Crippen molar-refractivity contribution in [2.24, 2.45) is 0 Å². The zero-order valence-corrected chi connectivity index (χ0v) is 11.0. The summed E-state index contributed by atoms with van der Waals surface area (Å²) in [7, 11) is 1.35. The molecule has 100 valence electrons. The van der Waals surface area contributed by atoms with Gasteiger partial charge in [-0.1, -0.05) is 24.3 Å². The smallest absolute Gasteiger partial charge is 0.341 e. The number of hydrogen-bond donors (Lipinski definition) is 0. The van der Waals surface area contributed by atoms with Gasteiger partial charge in [0, 0.05) is 6.61 Å². The predicted molar refractivity (Wildman–Crippen MR) is 72.4 cm³/mol. The van der Waals surface area contributed by atoms with Gasteiger partial charge in [-0.25, -0.2) is 4.79 Å². The highest BCUT2D eigenvalue weighted by atomic mass is 16.7. The number of esters is 1. The second kappa shape index (κ2) is 6.20. The van der Waals surface area contributed by atoms with Crippen molar-refractivity contribution in [1.29, 1.82) is 0 Å². The molecule has 4 heteroatoms. The largest absolute Gasteiger partial charge is 0.467 e. The molecule has 0 N–H and O–H groups in total. The molecular weight excluding hydrogens is 244 g/mol. The minimum Gasteiger partial charge on any atom is -0.467 e. The third kappa shape index (κ3) is 3.03. The maximum atomic E-state index is 11.8. The number of carbonyl (C=O) groups is 1. The van der Waals surface area contributed by atoms with Crippen molar-refractivity contribution in [2.45, 2.75) is 6.92 Å². The van der Waals surface area contributed by atoms with Gasteiger partial charge in [-0.05, 0) is 29.8 Å². The number of carbonyl (C=O) groups excluding carboxylic acids is 1. The highest BCUT2D eigenvalue weighted by Crippen LogP contribution is 2.26. The summed E-state index contributed by atoms with van der Waals surface area (Å²) in [6.45, 7) is 2.55. The first-order valence-electron chi connectivity index (χ1n) is 6.08. The maximum absolute atomic E-state index is 11.8. The summed E-state index contributed by atoms with van der Waals surface area (Å²) < 4.78 is 15.4. The Morgan fingerprint density at radius 2 is 1.84 bits per heavy atom. The number of methoxy groups -OCH3 is 1. The molecule has 0 spiro atoms. The van der Waals surface area contributed by atoms with E-state index in [1.165, 1.54) is 7.11 Å². The summed E-state index contributed by atoms with van der Waals surface area (Å²) in [6.07, 6.45) is 0. The molecule has 0 atom stereocenters. The van der Waals surface area contributed by atoms with E-state index in [1.807, 2.05) is 37.3 Å². The molecule has 0 heterocycles. The van der Waals surface area contributed by atoms with E-state index in [4.69, 9.17) is 14.2 Å². The lowest BCUT2D eigenvalue weighted by Crippen LogP contribution is -2.08. The Kier molecular flexibility index (Phi) is 4.36. The topological polar surface area (TPSA) is 44.8 Å². The van der Waals surface area contributed by atoms with Crippen LogP contribution in [0.25, 0.3) is 10.8 Å². The molecule has 0 unspecified atom stereocenters. The number of rotatable bonds is 5. The lowest BCUT2D eigenvalue weighted by atomic mass is 10.1. The first-order valence-corrected chi connectivity index (χ1v) is 6.08. The van der Waals surface area contributed by atoms with E-state index in [-0.39, 0.29) is 6.79 Å². The van der Waals surface area contributed by atoms with E-state index >= 15 is 0 Å². The zero-order chi connectivity index (χ0) is 13.7. The Bertz CT molecular complexity index is 577. The van der Waals surface area contributed by atoms with Crippen LogP contribution >= 0.6 is 0 Å². The monoisotopic (exact) mass is 260 g/mol. The molecule has 4 nitrogen and oxygen atoms in total. The normalized spacial score (nSPS) is 10.4. The van der Waals surface area contributed by atoms with Crippen LogP contribution in [-0.2, 0) is 9.47 Å². The van der Waals surface area contributed by atoms with Crippen molar-refractivity contribution < 1.29 is 19.0 Å². The molecule has 19 heavy (non-hydrogen) atoms. The molecule has 0 aliphatic rings. The van der Waals surface area contributed by atoms with Gasteiger partial charge in [-0.3, -0.25) is 0 Å². The van der Waals surface area contributed by atoms with Crippen LogP contribution in [0, 0.1) is 0 Å². The van der Waals surface area contributed by atoms with Gasteiger partial charge in [0.25, 0.3) is 0 Å². The summed E-state index contributed by atoms with van der Waals surface area (Å²) in [5.74, 6) is 0.0521. The molecule has 0 aliphatic heterocycles. The summed E-state index contributed by atoms with van der Waals surface area (Å²) in [5, 5.41) is 1.97. The molecule has 0 radical (unpaired) electrons. The van der Waals surface area contributed by atoms with Crippen molar-refractivity contribution in [3.8, 4) is 5.75 Å². The van der Waals surface area contributed by atoms with Gasteiger partial charge in [0.2, 0.25) is 0 Å². The van der Waals surface area contributed by atoms with E-state index in [0.29, 0.717) is 17.9 Å². The highest BCUT2D eigenvalue weighted by Gasteiger charge is 2.14. The molecule has 0 fully saturated rings. The van der Waals surface area contributed by atoms with E-state index in [2.05, 4.69) is 0 Å². The second-order valence-corrected chi connectivity index (χ2v) is 3.94. The zero-order valence-electron chi connectivity index (χ0n) is 11.0. The van der Waals surface area contributed by atoms with Crippen LogP contribution in [0.5, 0.6) is 5.75 Å². The molecule has 0 saturated heterocycles. The molecular formula is C15H16O4. The average molecular weight is 260 g/mol. The third-order valence-electron chi connectivity index (χ3n) is 2.76. The maximum Gasteiger partial charge on any atom is 0.341 e. The second-order valence-electron chi connectivity index (χ2n) is 3.94. The predicted octanol–water partition coefficient (Wildman–Crippen LogP) is 3.00. The number of hydrogen-bond acceptors (Lipinski definition) is 4. The standard InChI is InChI=1S/C15H16O4/c1-3-18-10-19-14-9-12-7-5-4-6-11(12)8-13(14)15(16)17-2/h4-9H,3,10H2,1-2H3. The van der Waals surface area contributed by atoms with Crippen LogP contribution in [0.1, 0.15) is 17.3 Å². The Morgan fingerprint density at radius 3 is 2.47 bits per heavy atom. The molecule has 0 saturated carbocycles. The summed E-state index contributed by atoms with van der Waals surface area (Å²) in [5.41, 5.74) is 0.404. The third-order valence-corrected chi connectivity index (χ3v) is 2.76. The van der Waals surface area contributed by atoms with Crippen molar-refractivity contribution in [1.82, 2.24) is 0 Å². The Balaban J connectivity index is 2.41. The summed E-state index contributed by atoms with van der Waals surface area (Å²) in [6, 6.07) is 11.3. The molecule has 0 aliphatic carbocycles. The Labute approximate surface area is 111 Å². The molecule has 0 amide bonds. The summed E-state index contributed by atoms with van der Waals surface area (Å²) in [4.78, 5) is 11.8. The van der Waals surface area contributed by atoms with Gasteiger partial charge in [-0.2, -0.15) is 0 Å². The Hall–Kier alpha value is -2.07. The van der Waals surface area contributed by atoms with Gasteiger partial charge in [-0.15, -0.1) is 0 Å². The fraction of sp³-hybridized carbons (Fsp3) is 0.267. The molecule has 0 aromatic heterocycles. The first kappa shape index (κ1) is 13.4. The van der Waals surface area contributed by atoms with Gasteiger partial charge < -0.3 is 14.2 Å². The van der Waals surface area contributed by atoms with Gasteiger partial charge in [0.15, 0.2) is 6.79 Å². The van der Waals surface area contributed by atoms with Gasteiger partial charge in [0.05, 0.1) is 7.11 Å². The van der Waals surface area contributed by atoms with Crippen LogP contribution < -0.4 is 4.74 Å². The lowest BCUT2D eigenvalue weighted by molar-refractivity contribution is 0.0211. The van der Waals surface area contributed by atoms with Crippen molar-refractivity contribution >= 4 is 16.7 Å². The highest BCUT2D eigenvalue weighted by molar-refractivity contribution is 5.98. The number of benzene rings is 2. The van der Waals surface area contributed by atoms with E-state index in [1.54, 1.807) is 6.07 Å². The summed E-state index contributed by atoms with van der Waals surface area (Å²) >= 11 is 0. The van der Waals surface area contributed by atoms with Crippen molar-refractivity contribution in [2.75, 3.05) is 20.5 Å². The minimum atomic E-state index is -0.419. The molecule has 2 rings (SSSR count). The average Bonchev–Trinajstić information content (AvgIpc) is 2.46. The van der Waals surface area contributed by atoms with Crippen molar-refractivity contribution in [3.05, 3.63) is 42.0 Å². The van der Waals surface area contributed by atoms with Crippen LogP contribution in [0.2, 0.25) is 0 Å². The van der Waals surface area contributed by atoms with Crippen LogP contribution in [0.3, 0.4) is 0 Å². The fourth-order valence-electron chi connectivity index (χ4n) is 1.80. The lowest BCUT2D eigenvalue weighted by Gasteiger charge is -2.11. The van der Waals surface area contributed by atoms with E-state index < -0.39 is 5.97 Å². The van der Waals surface area contributed by atoms with Crippen LogP contribution in [0.4, 0.5) is 0 Å².